The van der Waals surface area contributed by atoms with E-state index in [0.717, 1.165) is 62.9 Å². The lowest BCUT2D eigenvalue weighted by atomic mass is 10.2. The summed E-state index contributed by atoms with van der Waals surface area (Å²) in [5.41, 5.74) is 1.18. The molecule has 0 bridgehead atoms. The van der Waals surface area contributed by atoms with E-state index in [1.807, 2.05) is 6.07 Å². The lowest BCUT2D eigenvalue weighted by Gasteiger charge is -2.19. The highest BCUT2D eigenvalue weighted by Crippen LogP contribution is 2.28. The van der Waals surface area contributed by atoms with Gasteiger partial charge in [0.05, 0.1) is 20.8 Å². The summed E-state index contributed by atoms with van der Waals surface area (Å²) in [6, 6.07) is 6.36. The van der Waals surface area contributed by atoms with Gasteiger partial charge >= 0.3 is 0 Å². The maximum Gasteiger partial charge on any atom is 0.223 e. The van der Waals surface area contributed by atoms with Gasteiger partial charge in [0.1, 0.15) is 11.5 Å². The number of guanidine groups is 1. The number of carbonyl (C=O) groups excluding carboxylic acids is 1. The molecule has 0 spiro atoms. The smallest absolute Gasteiger partial charge is 0.223 e. The number of nitrogens with one attached hydrogen (secondary N) is 3. The third-order valence-electron chi connectivity index (χ3n) is 5.40. The molecule has 3 rings (SSSR count). The van der Waals surface area contributed by atoms with Crippen molar-refractivity contribution in [3.05, 3.63) is 23.8 Å². The number of likely N-dealkylation sites (tertiary alicyclic amines) is 1. The molecule has 1 aliphatic heterocycles. The van der Waals surface area contributed by atoms with Crippen LogP contribution in [-0.4, -0.2) is 69.8 Å². The first-order chi connectivity index (χ1) is 14.6. The Kier molecular flexibility index (Phi) is 10.7. The highest BCUT2D eigenvalue weighted by Gasteiger charge is 2.29. The standard InChI is InChI=1S/C22H35N5O3.HI/c1-4-23-22(25-9-8-24-21(28)17-5-6-17)26-18-7-10-27(15-18)14-16-11-19(29-2)13-20(12-16)30-3;/h11-13,17-18H,4-10,14-15H2,1-3H3,(H,24,28)(H2,23,25,26);1H. The number of hydrogen-bond donors (Lipinski definition) is 3. The maximum absolute atomic E-state index is 11.7. The van der Waals surface area contributed by atoms with Crippen molar-refractivity contribution in [1.29, 1.82) is 0 Å². The second kappa shape index (κ2) is 12.9. The van der Waals surface area contributed by atoms with E-state index in [1.165, 1.54) is 5.56 Å². The van der Waals surface area contributed by atoms with Gasteiger partial charge in [0, 0.05) is 50.7 Å². The molecule has 1 saturated carbocycles. The third kappa shape index (κ3) is 8.36. The van der Waals surface area contributed by atoms with Crippen LogP contribution < -0.4 is 25.4 Å². The molecule has 3 N–H and O–H groups in total. The Morgan fingerprint density at radius 2 is 1.84 bits per heavy atom. The summed E-state index contributed by atoms with van der Waals surface area (Å²) in [6.45, 7) is 6.85. The molecular weight excluding hydrogens is 509 g/mol. The number of nitrogens with zero attached hydrogens (tertiary/aromatic N) is 2. The quantitative estimate of drug-likeness (QED) is 0.181. The van der Waals surface area contributed by atoms with Crippen molar-refractivity contribution in [3.63, 3.8) is 0 Å². The van der Waals surface area contributed by atoms with E-state index in [-0.39, 0.29) is 35.8 Å². The van der Waals surface area contributed by atoms with Gasteiger partial charge < -0.3 is 25.4 Å². The summed E-state index contributed by atoms with van der Waals surface area (Å²) in [4.78, 5) is 18.7. The maximum atomic E-state index is 11.7. The lowest BCUT2D eigenvalue weighted by molar-refractivity contribution is -0.122. The first-order valence-corrected chi connectivity index (χ1v) is 10.9. The van der Waals surface area contributed by atoms with Crippen LogP contribution in [0.4, 0.5) is 0 Å². The van der Waals surface area contributed by atoms with Gasteiger partial charge in [0.2, 0.25) is 5.91 Å². The van der Waals surface area contributed by atoms with E-state index < -0.39 is 0 Å². The van der Waals surface area contributed by atoms with E-state index >= 15 is 0 Å². The second-order valence-electron chi connectivity index (χ2n) is 7.91. The first kappa shape index (κ1) is 25.5. The molecule has 1 aromatic rings. The molecule has 1 aliphatic carbocycles. The zero-order chi connectivity index (χ0) is 21.3. The predicted molar refractivity (Wildman–Crippen MR) is 133 cm³/mol. The van der Waals surface area contributed by atoms with E-state index in [9.17, 15) is 4.79 Å². The van der Waals surface area contributed by atoms with Crippen LogP contribution in [0.1, 0.15) is 31.7 Å². The van der Waals surface area contributed by atoms with Gasteiger partial charge in [-0.3, -0.25) is 14.7 Å². The summed E-state index contributed by atoms with van der Waals surface area (Å²) >= 11 is 0. The van der Waals surface area contributed by atoms with E-state index in [0.29, 0.717) is 19.1 Å². The number of halogens is 1. The molecule has 0 aromatic heterocycles. The topological polar surface area (TPSA) is 87.2 Å². The zero-order valence-corrected chi connectivity index (χ0v) is 21.1. The number of aliphatic imine (C=N–C) groups is 1. The summed E-state index contributed by atoms with van der Waals surface area (Å²) in [5, 5.41) is 9.80. The molecule has 1 atom stereocenters. The minimum atomic E-state index is 0. The Bertz CT molecular complexity index is 720. The molecule has 0 radical (unpaired) electrons. The number of ether oxygens (including phenoxy) is 2. The van der Waals surface area contributed by atoms with Crippen LogP contribution in [-0.2, 0) is 11.3 Å². The Labute approximate surface area is 202 Å². The second-order valence-corrected chi connectivity index (χ2v) is 7.91. The molecule has 31 heavy (non-hydrogen) atoms. The van der Waals surface area contributed by atoms with Gasteiger partial charge in [0.15, 0.2) is 5.96 Å². The van der Waals surface area contributed by atoms with Crippen molar-refractivity contribution >= 4 is 35.8 Å². The van der Waals surface area contributed by atoms with Gasteiger partial charge in [-0.05, 0) is 43.9 Å². The van der Waals surface area contributed by atoms with Crippen molar-refractivity contribution in [2.24, 2.45) is 10.9 Å². The van der Waals surface area contributed by atoms with Crippen molar-refractivity contribution < 1.29 is 14.3 Å². The zero-order valence-electron chi connectivity index (χ0n) is 18.8. The van der Waals surface area contributed by atoms with Crippen LogP contribution in [0.3, 0.4) is 0 Å². The number of methoxy groups -OCH3 is 2. The average molecular weight is 545 g/mol. The molecule has 1 unspecified atom stereocenters. The summed E-state index contributed by atoms with van der Waals surface area (Å²) in [5.74, 6) is 2.85. The molecule has 174 valence electrons. The molecule has 9 heteroatoms. The normalized spacial score (nSPS) is 18.8. The van der Waals surface area contributed by atoms with Crippen LogP contribution in [0, 0.1) is 5.92 Å². The fraction of sp³-hybridized carbons (Fsp3) is 0.636. The highest BCUT2D eigenvalue weighted by atomic mass is 127. The van der Waals surface area contributed by atoms with Gasteiger partial charge in [-0.25, -0.2) is 0 Å². The van der Waals surface area contributed by atoms with Crippen molar-refractivity contribution in [3.8, 4) is 11.5 Å². The fourth-order valence-electron chi connectivity index (χ4n) is 3.66. The largest absolute Gasteiger partial charge is 0.497 e. The van der Waals surface area contributed by atoms with E-state index in [4.69, 9.17) is 9.47 Å². The molecule has 1 heterocycles. The van der Waals surface area contributed by atoms with Crippen molar-refractivity contribution in [1.82, 2.24) is 20.9 Å². The fourth-order valence-corrected chi connectivity index (χ4v) is 3.66. The van der Waals surface area contributed by atoms with Crippen LogP contribution in [0.2, 0.25) is 0 Å². The molecule has 1 saturated heterocycles. The average Bonchev–Trinajstić information content (AvgIpc) is 3.52. The molecule has 2 fully saturated rings. The molecule has 1 aromatic carbocycles. The SMILES string of the molecule is CCNC(=NCCNC(=O)C1CC1)NC1CCN(Cc2cc(OC)cc(OC)c2)C1.I. The van der Waals surface area contributed by atoms with Crippen LogP contribution >= 0.6 is 24.0 Å². The minimum absolute atomic E-state index is 0. The van der Waals surface area contributed by atoms with Crippen LogP contribution in [0.25, 0.3) is 0 Å². The summed E-state index contributed by atoms with van der Waals surface area (Å²) in [7, 11) is 3.35. The molecular formula is C22H36IN5O3. The van der Waals surface area contributed by atoms with Crippen molar-refractivity contribution in [2.45, 2.75) is 38.8 Å². The lowest BCUT2D eigenvalue weighted by Crippen LogP contribution is -2.45. The van der Waals surface area contributed by atoms with Gasteiger partial charge in [-0.15, -0.1) is 24.0 Å². The Morgan fingerprint density at radius 3 is 2.45 bits per heavy atom. The van der Waals surface area contributed by atoms with Crippen LogP contribution in [0.15, 0.2) is 23.2 Å². The number of rotatable bonds is 10. The third-order valence-corrected chi connectivity index (χ3v) is 5.40. The van der Waals surface area contributed by atoms with Gasteiger partial charge in [-0.2, -0.15) is 0 Å². The Morgan fingerprint density at radius 1 is 1.13 bits per heavy atom. The van der Waals surface area contributed by atoms with E-state index in [2.05, 4.69) is 44.9 Å². The monoisotopic (exact) mass is 545 g/mol. The number of amides is 1. The van der Waals surface area contributed by atoms with E-state index in [1.54, 1.807) is 14.2 Å². The Balaban J connectivity index is 0.00000341. The first-order valence-electron chi connectivity index (χ1n) is 10.9. The number of benzene rings is 1. The minimum Gasteiger partial charge on any atom is -0.497 e. The molecule has 1 amide bonds. The number of carbonyl (C=O) groups is 1. The van der Waals surface area contributed by atoms with Gasteiger partial charge in [-0.1, -0.05) is 0 Å². The summed E-state index contributed by atoms with van der Waals surface area (Å²) in [6.07, 6.45) is 3.12. The molecule has 2 aliphatic rings. The predicted octanol–water partition coefficient (Wildman–Crippen LogP) is 1.98. The van der Waals surface area contributed by atoms with Crippen LogP contribution in [0.5, 0.6) is 11.5 Å². The Hall–Kier alpha value is -1.75. The van der Waals surface area contributed by atoms with Gasteiger partial charge in [0.25, 0.3) is 0 Å². The molecule has 8 nitrogen and oxygen atoms in total. The number of hydrogen-bond acceptors (Lipinski definition) is 5. The summed E-state index contributed by atoms with van der Waals surface area (Å²) < 4.78 is 10.8. The van der Waals surface area contributed by atoms with Crippen molar-refractivity contribution in [2.75, 3.05) is 46.9 Å². The highest BCUT2D eigenvalue weighted by molar-refractivity contribution is 14.0.